The molecule has 5 rings (SSSR count). The lowest BCUT2D eigenvalue weighted by Crippen LogP contribution is -2.65. The highest BCUT2D eigenvalue weighted by molar-refractivity contribution is 7.89. The average Bonchev–Trinajstić information content (AvgIpc) is 3.96. The van der Waals surface area contributed by atoms with E-state index in [1.54, 1.807) is 4.90 Å². The van der Waals surface area contributed by atoms with Gasteiger partial charge in [-0.1, -0.05) is 92.9 Å². The van der Waals surface area contributed by atoms with Crippen molar-refractivity contribution in [1.82, 2.24) is 30.5 Å². The van der Waals surface area contributed by atoms with Crippen LogP contribution in [-0.4, -0.2) is 102 Å². The molecule has 4 N–H and O–H groups in total. The van der Waals surface area contributed by atoms with Crippen molar-refractivity contribution in [3.8, 4) is 0 Å². The number of nitrogens with zero attached hydrogens (tertiary/aromatic N) is 2. The van der Waals surface area contributed by atoms with Crippen molar-refractivity contribution < 1.29 is 32.4 Å². The minimum atomic E-state index is -3.65. The van der Waals surface area contributed by atoms with E-state index in [2.05, 4.69) is 35.1 Å². The number of nitrogens with one attached hydrogen (secondary N) is 4. The van der Waals surface area contributed by atoms with Gasteiger partial charge in [0, 0.05) is 25.7 Å². The summed E-state index contributed by atoms with van der Waals surface area (Å²) in [6.07, 6.45) is 11.3. The molecule has 5 fully saturated rings. The Hall–Kier alpha value is -2.74. The van der Waals surface area contributed by atoms with Gasteiger partial charge in [-0.3, -0.25) is 19.2 Å². The quantitative estimate of drug-likeness (QED) is 0.162. The highest BCUT2D eigenvalue weighted by atomic mass is 32.2. The summed E-state index contributed by atoms with van der Waals surface area (Å²) in [5, 5.41) is 11.8. The fourth-order valence-corrected chi connectivity index (χ4v) is 11.8. The van der Waals surface area contributed by atoms with Crippen molar-refractivity contribution in [2.45, 2.75) is 168 Å². The SMILES string of the molecule is CCCCC(NC(=O)C1C2C(CN1C(=O)C(NC(=O)NC1(CS(=O)(=O)N(CC)CC)CCCCC1)C1(C)CCCCC1)C2(C)C)C(=O)C(=O)NC1CC1. The maximum atomic E-state index is 14.9. The molecule has 0 aromatic rings. The predicted molar refractivity (Wildman–Crippen MR) is 203 cm³/mol. The number of rotatable bonds is 17. The Morgan fingerprint density at radius 2 is 1.45 bits per heavy atom. The van der Waals surface area contributed by atoms with E-state index >= 15 is 0 Å². The Morgan fingerprint density at radius 1 is 0.849 bits per heavy atom. The predicted octanol–water partition coefficient (Wildman–Crippen LogP) is 4.00. The van der Waals surface area contributed by atoms with Crippen LogP contribution in [0.1, 0.15) is 138 Å². The van der Waals surface area contributed by atoms with E-state index in [0.717, 1.165) is 70.6 Å². The zero-order valence-electron chi connectivity index (χ0n) is 33.1. The maximum absolute atomic E-state index is 14.9. The smallest absolute Gasteiger partial charge is 0.315 e. The standard InChI is InChI=1S/C39H66N6O7S/c1-7-10-17-28(31(46)34(48)40-26-18-19-26)41-33(47)30-29-27(37(29,4)5)24-45(30)35(49)32(38(6)20-13-11-14-21-38)42-36(50)43-39(22-15-12-16-23-39)25-53(51,52)44(8-2)9-3/h26-30,32H,7-25H2,1-6H3,(H,40,48)(H,41,47)(H2,42,43,50). The second-order valence-corrected chi connectivity index (χ2v) is 19.6. The number of ketones is 1. The third-order valence-corrected chi connectivity index (χ3v) is 15.6. The number of hydrogen-bond acceptors (Lipinski definition) is 7. The van der Waals surface area contributed by atoms with Crippen LogP contribution in [0.4, 0.5) is 4.79 Å². The molecule has 0 spiro atoms. The van der Waals surface area contributed by atoms with Crippen molar-refractivity contribution in [3.63, 3.8) is 0 Å². The number of sulfonamides is 1. The second-order valence-electron chi connectivity index (χ2n) is 17.6. The molecule has 5 aliphatic rings. The molecule has 300 valence electrons. The van der Waals surface area contributed by atoms with E-state index in [9.17, 15) is 32.4 Å². The minimum Gasteiger partial charge on any atom is -0.347 e. The van der Waals surface area contributed by atoms with Crippen LogP contribution in [0.2, 0.25) is 0 Å². The first kappa shape index (κ1) is 41.4. The molecule has 1 saturated heterocycles. The van der Waals surface area contributed by atoms with Crippen LogP contribution in [0.25, 0.3) is 0 Å². The lowest BCUT2D eigenvalue weighted by Gasteiger charge is -2.44. The minimum absolute atomic E-state index is 0.00694. The van der Waals surface area contributed by atoms with Gasteiger partial charge >= 0.3 is 6.03 Å². The lowest BCUT2D eigenvalue weighted by molar-refractivity contribution is -0.146. The molecule has 4 saturated carbocycles. The molecule has 1 heterocycles. The monoisotopic (exact) mass is 762 g/mol. The first-order valence-corrected chi connectivity index (χ1v) is 22.2. The number of amides is 5. The zero-order valence-corrected chi connectivity index (χ0v) is 33.9. The summed E-state index contributed by atoms with van der Waals surface area (Å²) in [5.74, 6) is -2.36. The van der Waals surface area contributed by atoms with E-state index in [1.807, 2.05) is 27.7 Å². The Labute approximate surface area is 317 Å². The number of fused-ring (bicyclic) bond motifs is 1. The van der Waals surface area contributed by atoms with Gasteiger partial charge < -0.3 is 26.2 Å². The molecule has 53 heavy (non-hydrogen) atoms. The van der Waals surface area contributed by atoms with Gasteiger partial charge in [0.05, 0.1) is 17.3 Å². The molecular weight excluding hydrogens is 697 g/mol. The number of urea groups is 1. The summed E-state index contributed by atoms with van der Waals surface area (Å²) in [5.41, 5.74) is -1.73. The number of hydrogen-bond donors (Lipinski definition) is 4. The molecule has 5 atom stereocenters. The largest absolute Gasteiger partial charge is 0.347 e. The van der Waals surface area contributed by atoms with Crippen LogP contribution in [0.5, 0.6) is 0 Å². The topological polar surface area (TPSA) is 174 Å². The summed E-state index contributed by atoms with van der Waals surface area (Å²) >= 11 is 0. The second kappa shape index (κ2) is 16.5. The Kier molecular flexibility index (Phi) is 12.9. The van der Waals surface area contributed by atoms with Gasteiger partial charge in [0.2, 0.25) is 27.6 Å². The molecule has 1 aliphatic heterocycles. The van der Waals surface area contributed by atoms with Gasteiger partial charge in [0.1, 0.15) is 12.1 Å². The molecule has 0 aromatic carbocycles. The van der Waals surface area contributed by atoms with Crippen LogP contribution in [0.15, 0.2) is 0 Å². The molecule has 4 aliphatic carbocycles. The molecule has 0 bridgehead atoms. The molecule has 14 heteroatoms. The van der Waals surface area contributed by atoms with E-state index < -0.39 is 62.7 Å². The van der Waals surface area contributed by atoms with Gasteiger partial charge in [-0.2, -0.15) is 0 Å². The van der Waals surface area contributed by atoms with Crippen molar-refractivity contribution in [2.24, 2.45) is 22.7 Å². The third-order valence-electron chi connectivity index (χ3n) is 13.3. The number of carbonyl (C=O) groups excluding carboxylic acids is 5. The lowest BCUT2D eigenvalue weighted by atomic mass is 9.70. The van der Waals surface area contributed by atoms with E-state index in [0.29, 0.717) is 45.3 Å². The van der Waals surface area contributed by atoms with Gasteiger partial charge in [-0.15, -0.1) is 0 Å². The summed E-state index contributed by atoms with van der Waals surface area (Å²) in [6, 6.07) is -3.35. The normalized spacial score (nSPS) is 26.8. The van der Waals surface area contributed by atoms with Crippen molar-refractivity contribution in [1.29, 1.82) is 0 Å². The summed E-state index contributed by atoms with van der Waals surface area (Å²) in [7, 11) is -3.65. The number of unbranched alkanes of at least 4 members (excludes halogenated alkanes) is 1. The maximum Gasteiger partial charge on any atom is 0.315 e. The van der Waals surface area contributed by atoms with Gasteiger partial charge in [0.25, 0.3) is 5.91 Å². The fraction of sp³-hybridized carbons (Fsp3) is 0.872. The summed E-state index contributed by atoms with van der Waals surface area (Å²) < 4.78 is 28.5. The van der Waals surface area contributed by atoms with Gasteiger partial charge in [-0.25, -0.2) is 17.5 Å². The van der Waals surface area contributed by atoms with Crippen molar-refractivity contribution in [2.75, 3.05) is 25.4 Å². The molecule has 5 unspecified atom stereocenters. The van der Waals surface area contributed by atoms with Crippen LogP contribution in [-0.2, 0) is 29.2 Å². The fourth-order valence-electron chi connectivity index (χ4n) is 9.74. The molecular formula is C39H66N6O7S. The Morgan fingerprint density at radius 3 is 2.02 bits per heavy atom. The molecule has 0 radical (unpaired) electrons. The number of carbonyl (C=O) groups is 5. The number of Topliss-reactive ketones (excluding diaryl/α,β-unsaturated/α-hetero) is 1. The van der Waals surface area contributed by atoms with E-state index in [4.69, 9.17) is 0 Å². The zero-order chi connectivity index (χ0) is 38.8. The average molecular weight is 763 g/mol. The van der Waals surface area contributed by atoms with Crippen LogP contribution in [0, 0.1) is 22.7 Å². The van der Waals surface area contributed by atoms with Gasteiger partial charge in [-0.05, 0) is 67.6 Å². The van der Waals surface area contributed by atoms with Gasteiger partial charge in [0.15, 0.2) is 0 Å². The van der Waals surface area contributed by atoms with E-state index in [1.165, 1.54) is 4.31 Å². The van der Waals surface area contributed by atoms with E-state index in [-0.39, 0.29) is 35.0 Å². The van der Waals surface area contributed by atoms with Crippen molar-refractivity contribution in [3.05, 3.63) is 0 Å². The summed E-state index contributed by atoms with van der Waals surface area (Å²) in [4.78, 5) is 71.1. The number of piperidine rings is 1. The first-order valence-electron chi connectivity index (χ1n) is 20.5. The van der Waals surface area contributed by atoms with Crippen molar-refractivity contribution >= 4 is 39.6 Å². The Bertz CT molecular complexity index is 1480. The number of likely N-dealkylation sites (tertiary alicyclic amines) is 1. The van der Waals surface area contributed by atoms with Crippen LogP contribution in [0.3, 0.4) is 0 Å². The highest BCUT2D eigenvalue weighted by Crippen LogP contribution is 2.65. The molecule has 0 aromatic heterocycles. The third kappa shape index (κ3) is 9.22. The van der Waals surface area contributed by atoms with Crippen LogP contribution >= 0.6 is 0 Å². The molecule has 5 amide bonds. The first-order chi connectivity index (χ1) is 25.0. The Balaban J connectivity index is 1.39. The molecule has 13 nitrogen and oxygen atoms in total. The highest BCUT2D eigenvalue weighted by Gasteiger charge is 2.70. The van der Waals surface area contributed by atoms with Crippen LogP contribution < -0.4 is 21.3 Å². The summed E-state index contributed by atoms with van der Waals surface area (Å²) in [6.45, 7) is 12.9.